The molecule has 1 unspecified atom stereocenters. The Hall–Kier alpha value is -0.980. The van der Waals surface area contributed by atoms with Gasteiger partial charge in [0, 0.05) is 18.2 Å². The molecule has 11 heavy (non-hydrogen) atoms. The fourth-order valence-corrected chi connectivity index (χ4v) is 1.62. The van der Waals surface area contributed by atoms with E-state index in [0.717, 1.165) is 6.54 Å². The fraction of sp³-hybridized carbons (Fsp3) is 0.400. The number of hydrogen-bond donors (Lipinski definition) is 1. The van der Waals surface area contributed by atoms with Crippen LogP contribution in [0.5, 0.6) is 0 Å². The Morgan fingerprint density at radius 2 is 2.27 bits per heavy atom. The van der Waals surface area contributed by atoms with Gasteiger partial charge >= 0.3 is 0 Å². The van der Waals surface area contributed by atoms with Crippen LogP contribution in [0.15, 0.2) is 18.2 Å². The molecule has 0 aromatic heterocycles. The predicted octanol–water partition coefficient (Wildman–Crippen LogP) is 2.52. The molecule has 1 aliphatic heterocycles. The zero-order chi connectivity index (χ0) is 7.84. The van der Waals surface area contributed by atoms with Crippen molar-refractivity contribution in [3.05, 3.63) is 29.3 Å². The van der Waals surface area contributed by atoms with E-state index in [1.54, 1.807) is 0 Å². The number of fused-ring (bicyclic) bond motifs is 1. The Morgan fingerprint density at radius 1 is 1.45 bits per heavy atom. The van der Waals surface area contributed by atoms with Crippen molar-refractivity contribution < 1.29 is 0 Å². The lowest BCUT2D eigenvalue weighted by Crippen LogP contribution is -1.95. The van der Waals surface area contributed by atoms with Gasteiger partial charge in [0.2, 0.25) is 0 Å². The smallest absolute Gasteiger partial charge is 0.0376 e. The molecule has 1 heterocycles. The molecule has 0 aliphatic carbocycles. The van der Waals surface area contributed by atoms with E-state index in [1.165, 1.54) is 16.8 Å². The number of hydrogen-bond acceptors (Lipinski definition) is 1. The molecule has 0 spiro atoms. The van der Waals surface area contributed by atoms with Gasteiger partial charge in [-0.3, -0.25) is 0 Å². The first-order valence-electron chi connectivity index (χ1n) is 4.12. The normalized spacial score (nSPS) is 21.1. The maximum atomic E-state index is 3.38. The second-order valence-corrected chi connectivity index (χ2v) is 3.37. The van der Waals surface area contributed by atoms with E-state index in [4.69, 9.17) is 0 Å². The van der Waals surface area contributed by atoms with Gasteiger partial charge < -0.3 is 5.32 Å². The second-order valence-electron chi connectivity index (χ2n) is 3.37. The molecule has 1 N–H and O–H groups in total. The molecule has 1 atom stereocenters. The van der Waals surface area contributed by atoms with Crippen LogP contribution in [-0.2, 0) is 0 Å². The fourth-order valence-electron chi connectivity index (χ4n) is 1.62. The van der Waals surface area contributed by atoms with Crippen molar-refractivity contribution in [2.45, 2.75) is 19.8 Å². The average Bonchev–Trinajstić information content (AvgIpc) is 2.33. The van der Waals surface area contributed by atoms with E-state index in [9.17, 15) is 0 Å². The van der Waals surface area contributed by atoms with Crippen LogP contribution in [0.25, 0.3) is 0 Å². The summed E-state index contributed by atoms with van der Waals surface area (Å²) in [6.07, 6.45) is 0. The van der Waals surface area contributed by atoms with E-state index in [1.807, 2.05) is 0 Å². The summed E-state index contributed by atoms with van der Waals surface area (Å²) in [4.78, 5) is 0. The third-order valence-electron chi connectivity index (χ3n) is 2.34. The molecule has 1 aromatic rings. The Morgan fingerprint density at radius 3 is 3.09 bits per heavy atom. The zero-order valence-electron chi connectivity index (χ0n) is 7.02. The molecule has 0 saturated heterocycles. The molecule has 2 rings (SSSR count). The first kappa shape index (κ1) is 6.71. The van der Waals surface area contributed by atoms with E-state index in [0.29, 0.717) is 5.92 Å². The molecular weight excluding hydrogens is 134 g/mol. The summed E-state index contributed by atoms with van der Waals surface area (Å²) in [5.74, 6) is 0.685. The summed E-state index contributed by atoms with van der Waals surface area (Å²) in [6, 6.07) is 6.61. The van der Waals surface area contributed by atoms with Crippen LogP contribution in [0.2, 0.25) is 0 Å². The lowest BCUT2D eigenvalue weighted by atomic mass is 10.0. The lowest BCUT2D eigenvalue weighted by Gasteiger charge is -2.02. The first-order valence-corrected chi connectivity index (χ1v) is 4.12. The van der Waals surface area contributed by atoms with Crippen molar-refractivity contribution in [3.8, 4) is 0 Å². The van der Waals surface area contributed by atoms with E-state index < -0.39 is 0 Å². The van der Waals surface area contributed by atoms with Crippen molar-refractivity contribution in [1.82, 2.24) is 0 Å². The Kier molecular flexibility index (Phi) is 1.38. The van der Waals surface area contributed by atoms with Crippen LogP contribution in [0, 0.1) is 6.92 Å². The number of nitrogens with one attached hydrogen (secondary N) is 1. The summed E-state index contributed by atoms with van der Waals surface area (Å²) in [5, 5.41) is 3.38. The summed E-state index contributed by atoms with van der Waals surface area (Å²) in [7, 11) is 0. The quantitative estimate of drug-likeness (QED) is 0.594. The van der Waals surface area contributed by atoms with Crippen LogP contribution < -0.4 is 5.32 Å². The van der Waals surface area contributed by atoms with Gasteiger partial charge in [0.15, 0.2) is 0 Å². The SMILES string of the molecule is Cc1ccc2c(c1)C(C)CN2. The first-order chi connectivity index (χ1) is 5.27. The molecule has 0 saturated carbocycles. The Balaban J connectivity index is 2.52. The molecule has 1 aliphatic rings. The van der Waals surface area contributed by atoms with Crippen LogP contribution in [0.1, 0.15) is 24.0 Å². The van der Waals surface area contributed by atoms with Gasteiger partial charge in [-0.25, -0.2) is 0 Å². The van der Waals surface area contributed by atoms with Gasteiger partial charge in [-0.1, -0.05) is 24.6 Å². The summed E-state index contributed by atoms with van der Waals surface area (Å²) < 4.78 is 0. The van der Waals surface area contributed by atoms with Crippen LogP contribution in [0.4, 0.5) is 5.69 Å². The maximum absolute atomic E-state index is 3.38. The predicted molar refractivity (Wildman–Crippen MR) is 48.1 cm³/mol. The van der Waals surface area contributed by atoms with Gasteiger partial charge in [-0.15, -0.1) is 0 Å². The van der Waals surface area contributed by atoms with Crippen molar-refractivity contribution in [2.24, 2.45) is 0 Å². The molecule has 1 aromatic carbocycles. The third kappa shape index (κ3) is 1.01. The highest BCUT2D eigenvalue weighted by Gasteiger charge is 2.16. The van der Waals surface area contributed by atoms with Crippen molar-refractivity contribution in [3.63, 3.8) is 0 Å². The minimum atomic E-state index is 0.685. The summed E-state index contributed by atoms with van der Waals surface area (Å²) >= 11 is 0. The molecule has 0 amide bonds. The monoisotopic (exact) mass is 147 g/mol. The van der Waals surface area contributed by atoms with Gasteiger partial charge in [0.25, 0.3) is 0 Å². The molecule has 1 heteroatoms. The molecule has 1 nitrogen and oxygen atoms in total. The highest BCUT2D eigenvalue weighted by Crippen LogP contribution is 2.31. The minimum Gasteiger partial charge on any atom is -0.384 e. The molecule has 58 valence electrons. The van der Waals surface area contributed by atoms with E-state index >= 15 is 0 Å². The van der Waals surface area contributed by atoms with Crippen LogP contribution in [0.3, 0.4) is 0 Å². The number of aryl methyl sites for hydroxylation is 1. The van der Waals surface area contributed by atoms with E-state index in [-0.39, 0.29) is 0 Å². The standard InChI is InChI=1S/C10H13N/c1-7-3-4-10-9(5-7)8(2)6-11-10/h3-5,8,11H,6H2,1-2H3. The molecule has 0 radical (unpaired) electrons. The van der Waals surface area contributed by atoms with Crippen molar-refractivity contribution >= 4 is 5.69 Å². The Labute approximate surface area is 67.4 Å². The molecule has 0 fully saturated rings. The third-order valence-corrected chi connectivity index (χ3v) is 2.34. The molecule has 0 bridgehead atoms. The lowest BCUT2D eigenvalue weighted by molar-refractivity contribution is 0.853. The molecular formula is C10H13N. The van der Waals surface area contributed by atoms with Gasteiger partial charge in [-0.05, 0) is 18.6 Å². The minimum absolute atomic E-state index is 0.685. The second kappa shape index (κ2) is 2.26. The number of benzene rings is 1. The topological polar surface area (TPSA) is 12.0 Å². The van der Waals surface area contributed by atoms with E-state index in [2.05, 4.69) is 37.4 Å². The van der Waals surface area contributed by atoms with Crippen molar-refractivity contribution in [2.75, 3.05) is 11.9 Å². The number of rotatable bonds is 0. The highest BCUT2D eigenvalue weighted by molar-refractivity contribution is 5.58. The Bertz CT molecular complexity index is 278. The highest BCUT2D eigenvalue weighted by atomic mass is 14.9. The average molecular weight is 147 g/mol. The summed E-state index contributed by atoms with van der Waals surface area (Å²) in [5.41, 5.74) is 4.16. The van der Waals surface area contributed by atoms with Crippen LogP contribution in [-0.4, -0.2) is 6.54 Å². The van der Waals surface area contributed by atoms with Gasteiger partial charge in [-0.2, -0.15) is 0 Å². The van der Waals surface area contributed by atoms with Crippen molar-refractivity contribution in [1.29, 1.82) is 0 Å². The zero-order valence-corrected chi connectivity index (χ0v) is 7.02. The van der Waals surface area contributed by atoms with Crippen LogP contribution >= 0.6 is 0 Å². The van der Waals surface area contributed by atoms with Gasteiger partial charge in [0.1, 0.15) is 0 Å². The summed E-state index contributed by atoms with van der Waals surface area (Å²) in [6.45, 7) is 5.50. The largest absolute Gasteiger partial charge is 0.384 e. The maximum Gasteiger partial charge on any atom is 0.0376 e. The number of anilines is 1. The van der Waals surface area contributed by atoms with Gasteiger partial charge in [0.05, 0.1) is 0 Å².